The Kier molecular flexibility index (Phi) is 2.69. The zero-order valence-electron chi connectivity index (χ0n) is 6.78. The van der Waals surface area contributed by atoms with Gasteiger partial charge in [-0.25, -0.2) is 9.74 Å². The molecule has 0 aliphatic heterocycles. The topological polar surface area (TPSA) is 56.3 Å². The number of aryl methyl sites for hydroxylation is 1. The molecule has 0 radical (unpaired) electrons. The lowest BCUT2D eigenvalue weighted by atomic mass is 10.1. The molecule has 4 nitrogen and oxygen atoms in total. The molecule has 68 valence electrons. The van der Waals surface area contributed by atoms with Gasteiger partial charge in [0.25, 0.3) is 0 Å². The van der Waals surface area contributed by atoms with E-state index in [0.717, 1.165) is 6.20 Å². The quantitative estimate of drug-likeness (QED) is 0.647. The average molecular weight is 183 g/mol. The van der Waals surface area contributed by atoms with E-state index < -0.39 is 5.97 Å². The minimum atomic E-state index is -1.12. The van der Waals surface area contributed by atoms with E-state index in [1.807, 2.05) is 0 Å². The van der Waals surface area contributed by atoms with Gasteiger partial charge in [0, 0.05) is 10.7 Å². The van der Waals surface area contributed by atoms with Gasteiger partial charge in [0.1, 0.15) is 5.69 Å². The Labute approximate surface area is 73.2 Å². The zero-order chi connectivity index (χ0) is 9.84. The highest BCUT2D eigenvalue weighted by Crippen LogP contribution is 2.07. The smallest absolute Gasteiger partial charge is 0.296 e. The van der Waals surface area contributed by atoms with Crippen molar-refractivity contribution >= 4 is 12.3 Å². The molecule has 1 rings (SSSR count). The van der Waals surface area contributed by atoms with Crippen LogP contribution in [-0.4, -0.2) is 17.2 Å². The number of aldehydes is 1. The van der Waals surface area contributed by atoms with Crippen molar-refractivity contribution in [1.29, 1.82) is 0 Å². The van der Waals surface area contributed by atoms with Gasteiger partial charge in [0.05, 0.1) is 5.56 Å². The van der Waals surface area contributed by atoms with Crippen LogP contribution in [0.2, 0.25) is 0 Å². The molecule has 1 heterocycles. The molecule has 0 amide bonds. The number of halogens is 1. The molecule has 0 saturated carbocycles. The summed E-state index contributed by atoms with van der Waals surface area (Å²) in [6.45, 7) is 1.59. The lowest BCUT2D eigenvalue weighted by molar-refractivity contribution is -0.0788. The van der Waals surface area contributed by atoms with E-state index in [1.54, 1.807) is 6.92 Å². The SMILES string of the molecule is Cc1cc(C(=O)OF)cnc1C=O. The minimum Gasteiger partial charge on any atom is -0.296 e. The summed E-state index contributed by atoms with van der Waals surface area (Å²) in [6.07, 6.45) is 1.64. The first-order valence-electron chi connectivity index (χ1n) is 3.43. The van der Waals surface area contributed by atoms with Crippen LogP contribution in [0, 0.1) is 6.92 Å². The minimum absolute atomic E-state index is 0.0226. The van der Waals surface area contributed by atoms with E-state index in [2.05, 4.69) is 9.93 Å². The third kappa shape index (κ3) is 1.87. The van der Waals surface area contributed by atoms with Gasteiger partial charge in [-0.15, -0.1) is 0 Å². The van der Waals surface area contributed by atoms with Crippen molar-refractivity contribution in [3.63, 3.8) is 0 Å². The second-order valence-electron chi connectivity index (χ2n) is 2.41. The summed E-state index contributed by atoms with van der Waals surface area (Å²) in [5.74, 6) is -1.12. The number of hydrogen-bond acceptors (Lipinski definition) is 4. The standard InChI is InChI=1S/C8H6FNO3/c1-5-2-6(8(12)13-9)3-10-7(5)4-11/h2-4H,1H3. The third-order valence-electron chi connectivity index (χ3n) is 1.54. The Morgan fingerprint density at radius 1 is 1.69 bits per heavy atom. The number of hydrogen-bond donors (Lipinski definition) is 0. The van der Waals surface area contributed by atoms with E-state index in [9.17, 15) is 14.1 Å². The number of carbonyl (C=O) groups is 2. The first kappa shape index (κ1) is 9.31. The van der Waals surface area contributed by atoms with Crippen LogP contribution < -0.4 is 0 Å². The second-order valence-corrected chi connectivity index (χ2v) is 2.41. The number of pyridine rings is 1. The van der Waals surface area contributed by atoms with Crippen LogP contribution in [-0.2, 0) is 4.94 Å². The van der Waals surface area contributed by atoms with Crippen LogP contribution in [0.25, 0.3) is 0 Å². The van der Waals surface area contributed by atoms with E-state index >= 15 is 0 Å². The maximum Gasteiger partial charge on any atom is 0.381 e. The van der Waals surface area contributed by atoms with Gasteiger partial charge in [-0.1, -0.05) is 0 Å². The number of aromatic nitrogens is 1. The maximum absolute atomic E-state index is 11.4. The lowest BCUT2D eigenvalue weighted by Crippen LogP contribution is -2.02. The van der Waals surface area contributed by atoms with Gasteiger partial charge < -0.3 is 0 Å². The van der Waals surface area contributed by atoms with Crippen molar-refractivity contribution in [2.75, 3.05) is 0 Å². The van der Waals surface area contributed by atoms with Crippen molar-refractivity contribution in [2.45, 2.75) is 6.92 Å². The van der Waals surface area contributed by atoms with E-state index in [-0.39, 0.29) is 11.3 Å². The molecule has 1 aromatic heterocycles. The highest BCUT2D eigenvalue weighted by molar-refractivity contribution is 5.89. The molecular weight excluding hydrogens is 177 g/mol. The van der Waals surface area contributed by atoms with E-state index in [0.29, 0.717) is 11.8 Å². The molecule has 0 spiro atoms. The largest absolute Gasteiger partial charge is 0.381 e. The number of carbonyl (C=O) groups excluding carboxylic acids is 2. The van der Waals surface area contributed by atoms with Crippen LogP contribution in [0.3, 0.4) is 0 Å². The van der Waals surface area contributed by atoms with Crippen molar-refractivity contribution in [3.05, 3.63) is 29.1 Å². The summed E-state index contributed by atoms with van der Waals surface area (Å²) < 4.78 is 11.4. The van der Waals surface area contributed by atoms with Crippen molar-refractivity contribution in [3.8, 4) is 0 Å². The van der Waals surface area contributed by atoms with Gasteiger partial charge in [-0.3, -0.25) is 9.78 Å². The Morgan fingerprint density at radius 2 is 2.38 bits per heavy atom. The van der Waals surface area contributed by atoms with Crippen molar-refractivity contribution < 1.29 is 19.1 Å². The highest BCUT2D eigenvalue weighted by Gasteiger charge is 2.09. The molecule has 5 heteroatoms. The molecule has 0 aliphatic rings. The van der Waals surface area contributed by atoms with Crippen molar-refractivity contribution in [2.24, 2.45) is 0 Å². The lowest BCUT2D eigenvalue weighted by Gasteiger charge is -1.98. The molecule has 13 heavy (non-hydrogen) atoms. The first-order chi connectivity index (χ1) is 6.19. The summed E-state index contributed by atoms with van der Waals surface area (Å²) in [6, 6.07) is 1.33. The van der Waals surface area contributed by atoms with E-state index in [1.165, 1.54) is 6.07 Å². The zero-order valence-corrected chi connectivity index (χ0v) is 6.78. The van der Waals surface area contributed by atoms with Crippen LogP contribution >= 0.6 is 0 Å². The van der Waals surface area contributed by atoms with Gasteiger partial charge in [0.2, 0.25) is 0 Å². The second kappa shape index (κ2) is 3.75. The summed E-state index contributed by atoms with van der Waals surface area (Å²) >= 11 is 0. The Morgan fingerprint density at radius 3 is 2.85 bits per heavy atom. The molecule has 0 aliphatic carbocycles. The molecule has 0 saturated heterocycles. The fraction of sp³-hybridized carbons (Fsp3) is 0.125. The van der Waals surface area contributed by atoms with Gasteiger partial charge in [0.15, 0.2) is 6.29 Å². The van der Waals surface area contributed by atoms with Crippen LogP contribution in [0.5, 0.6) is 0 Å². The van der Waals surface area contributed by atoms with Crippen LogP contribution in [0.4, 0.5) is 4.53 Å². The summed E-state index contributed by atoms with van der Waals surface area (Å²) in [7, 11) is 0. The first-order valence-corrected chi connectivity index (χ1v) is 3.43. The third-order valence-corrected chi connectivity index (χ3v) is 1.54. The Bertz CT molecular complexity index is 351. The summed E-state index contributed by atoms with van der Waals surface area (Å²) in [4.78, 5) is 27.6. The summed E-state index contributed by atoms with van der Waals surface area (Å²) in [5, 5.41) is 0. The maximum atomic E-state index is 11.4. The van der Waals surface area contributed by atoms with Gasteiger partial charge >= 0.3 is 5.97 Å². The normalized spacial score (nSPS) is 9.38. The van der Waals surface area contributed by atoms with Gasteiger partial charge in [-0.2, -0.15) is 0 Å². The molecular formula is C8H6FNO3. The molecule has 0 bridgehead atoms. The predicted molar refractivity (Wildman–Crippen MR) is 40.9 cm³/mol. The Balaban J connectivity index is 3.09. The molecule has 0 fully saturated rings. The van der Waals surface area contributed by atoms with E-state index in [4.69, 9.17) is 0 Å². The van der Waals surface area contributed by atoms with Crippen molar-refractivity contribution in [1.82, 2.24) is 4.98 Å². The fourth-order valence-corrected chi connectivity index (χ4v) is 0.865. The Hall–Kier alpha value is -1.78. The fourth-order valence-electron chi connectivity index (χ4n) is 0.865. The molecule has 1 aromatic rings. The predicted octanol–water partition coefficient (Wildman–Crippen LogP) is 1.24. The average Bonchev–Trinajstić information content (AvgIpc) is 2.16. The van der Waals surface area contributed by atoms with Crippen LogP contribution in [0.1, 0.15) is 26.4 Å². The molecule has 0 unspecified atom stereocenters. The number of rotatable bonds is 2. The molecule has 0 atom stereocenters. The highest BCUT2D eigenvalue weighted by atomic mass is 19.3. The monoisotopic (exact) mass is 183 g/mol. The number of nitrogens with zero attached hydrogens (tertiary/aromatic N) is 1. The van der Waals surface area contributed by atoms with Gasteiger partial charge in [-0.05, 0) is 18.6 Å². The molecule has 0 aromatic carbocycles. The van der Waals surface area contributed by atoms with Crippen LogP contribution in [0.15, 0.2) is 12.3 Å². The molecule has 0 N–H and O–H groups in total. The summed E-state index contributed by atoms with van der Waals surface area (Å²) in [5.41, 5.74) is 0.693.